The maximum atomic E-state index is 12.9. The topological polar surface area (TPSA) is 58.1 Å². The number of fused-ring (bicyclic) bond motifs is 1. The molecule has 0 spiro atoms. The summed E-state index contributed by atoms with van der Waals surface area (Å²) in [7, 11) is 2.09. The van der Waals surface area contributed by atoms with Crippen LogP contribution < -0.4 is 5.32 Å². The number of amides is 1. The number of aromatic nitrogens is 2. The first-order chi connectivity index (χ1) is 13.6. The Labute approximate surface area is 167 Å². The molecule has 0 aliphatic heterocycles. The average Bonchev–Trinajstić information content (AvgIpc) is 3.34. The molecular weight excluding hydrogens is 375 g/mol. The van der Waals surface area contributed by atoms with E-state index in [1.54, 1.807) is 12.1 Å². The number of benzene rings is 2. The van der Waals surface area contributed by atoms with E-state index >= 15 is 0 Å². The molecule has 7 heteroatoms. The standard InChI is InChI=1S/C21H21FN4OS/c1-26(18-11-8-15-4-2-3-5-17(15)18)13-19-24-25-21(28-19)20(27)23-12-14-6-9-16(22)10-7-14/h2-7,9-10,18H,8,11-13H2,1H3,(H,23,27)/t18-/m1/s1. The molecule has 0 fully saturated rings. The third-order valence-corrected chi connectivity index (χ3v) is 5.95. The van der Waals surface area contributed by atoms with E-state index < -0.39 is 0 Å². The van der Waals surface area contributed by atoms with Crippen LogP contribution in [0, 0.1) is 5.82 Å². The summed E-state index contributed by atoms with van der Waals surface area (Å²) >= 11 is 1.31. The fourth-order valence-corrected chi connectivity index (χ4v) is 4.41. The molecule has 144 valence electrons. The van der Waals surface area contributed by atoms with E-state index in [9.17, 15) is 9.18 Å². The molecule has 1 heterocycles. The summed E-state index contributed by atoms with van der Waals surface area (Å²) in [4.78, 5) is 14.6. The van der Waals surface area contributed by atoms with Gasteiger partial charge in [0, 0.05) is 12.6 Å². The van der Waals surface area contributed by atoms with Crippen LogP contribution in [0.5, 0.6) is 0 Å². The summed E-state index contributed by atoms with van der Waals surface area (Å²) in [6, 6.07) is 15.0. The van der Waals surface area contributed by atoms with Crippen LogP contribution in [0.4, 0.5) is 4.39 Å². The number of nitrogens with one attached hydrogen (secondary N) is 1. The van der Waals surface area contributed by atoms with Gasteiger partial charge in [-0.05, 0) is 48.7 Å². The van der Waals surface area contributed by atoms with Crippen LogP contribution in [-0.2, 0) is 19.5 Å². The van der Waals surface area contributed by atoms with Crippen molar-refractivity contribution in [2.24, 2.45) is 0 Å². The Morgan fingerprint density at radius 3 is 2.82 bits per heavy atom. The summed E-state index contributed by atoms with van der Waals surface area (Å²) in [6.07, 6.45) is 2.19. The van der Waals surface area contributed by atoms with E-state index in [2.05, 4.69) is 51.7 Å². The molecule has 1 aromatic heterocycles. The predicted molar refractivity (Wildman–Crippen MR) is 106 cm³/mol. The highest BCUT2D eigenvalue weighted by molar-refractivity contribution is 7.13. The molecule has 3 aromatic rings. The molecule has 0 saturated heterocycles. The van der Waals surface area contributed by atoms with Crippen molar-refractivity contribution in [2.45, 2.75) is 32.0 Å². The highest BCUT2D eigenvalue weighted by Crippen LogP contribution is 2.35. The van der Waals surface area contributed by atoms with Crippen molar-refractivity contribution < 1.29 is 9.18 Å². The van der Waals surface area contributed by atoms with Crippen LogP contribution in [0.1, 0.15) is 44.0 Å². The molecule has 0 radical (unpaired) electrons. The molecule has 0 saturated carbocycles. The Morgan fingerprint density at radius 2 is 2.00 bits per heavy atom. The lowest BCUT2D eigenvalue weighted by Gasteiger charge is -2.23. The largest absolute Gasteiger partial charge is 0.346 e. The smallest absolute Gasteiger partial charge is 0.282 e. The van der Waals surface area contributed by atoms with E-state index in [-0.39, 0.29) is 11.7 Å². The van der Waals surface area contributed by atoms with Gasteiger partial charge in [-0.15, -0.1) is 10.2 Å². The summed E-state index contributed by atoms with van der Waals surface area (Å²) in [5.74, 6) is -0.556. The highest BCUT2D eigenvalue weighted by Gasteiger charge is 2.26. The minimum atomic E-state index is -0.294. The average molecular weight is 396 g/mol. The van der Waals surface area contributed by atoms with Gasteiger partial charge >= 0.3 is 0 Å². The van der Waals surface area contributed by atoms with E-state index in [0.717, 1.165) is 23.4 Å². The summed E-state index contributed by atoms with van der Waals surface area (Å²) < 4.78 is 12.9. The molecule has 0 bridgehead atoms. The first-order valence-electron chi connectivity index (χ1n) is 9.23. The molecule has 1 atom stereocenters. The number of carbonyl (C=O) groups is 1. The number of halogens is 1. The molecular formula is C21H21FN4OS. The van der Waals surface area contributed by atoms with Gasteiger partial charge in [0.15, 0.2) is 0 Å². The number of aryl methyl sites for hydroxylation is 1. The highest BCUT2D eigenvalue weighted by atomic mass is 32.1. The fraction of sp³-hybridized carbons (Fsp3) is 0.286. The fourth-order valence-electron chi connectivity index (χ4n) is 3.59. The van der Waals surface area contributed by atoms with Gasteiger partial charge in [0.05, 0.1) is 6.54 Å². The Morgan fingerprint density at radius 1 is 1.21 bits per heavy atom. The molecule has 28 heavy (non-hydrogen) atoms. The van der Waals surface area contributed by atoms with Crippen LogP contribution in [-0.4, -0.2) is 28.1 Å². The summed E-state index contributed by atoms with van der Waals surface area (Å²) in [5.41, 5.74) is 3.63. The second-order valence-electron chi connectivity index (χ2n) is 6.98. The SMILES string of the molecule is CN(Cc1nnc(C(=O)NCc2ccc(F)cc2)s1)[C@@H]1CCc2ccccc21. The number of carbonyl (C=O) groups excluding carboxylic acids is 1. The zero-order valence-electron chi connectivity index (χ0n) is 15.6. The van der Waals surface area contributed by atoms with E-state index in [1.165, 1.54) is 34.6 Å². The van der Waals surface area contributed by atoms with Crippen molar-refractivity contribution in [1.29, 1.82) is 0 Å². The van der Waals surface area contributed by atoms with Crippen molar-refractivity contribution >= 4 is 17.2 Å². The third-order valence-electron chi connectivity index (χ3n) is 5.05. The Bertz CT molecular complexity index is 973. The van der Waals surface area contributed by atoms with Crippen molar-refractivity contribution in [2.75, 3.05) is 7.05 Å². The first kappa shape index (κ1) is 18.7. The lowest BCUT2D eigenvalue weighted by molar-refractivity contribution is 0.0950. The second kappa shape index (κ2) is 8.16. The zero-order chi connectivity index (χ0) is 19.5. The van der Waals surface area contributed by atoms with E-state index in [4.69, 9.17) is 0 Å². The molecule has 1 aliphatic rings. The van der Waals surface area contributed by atoms with Gasteiger partial charge in [-0.25, -0.2) is 4.39 Å². The van der Waals surface area contributed by atoms with Gasteiger partial charge in [-0.3, -0.25) is 9.69 Å². The van der Waals surface area contributed by atoms with Crippen molar-refractivity contribution in [3.63, 3.8) is 0 Å². The van der Waals surface area contributed by atoms with Gasteiger partial charge < -0.3 is 5.32 Å². The second-order valence-corrected chi connectivity index (χ2v) is 8.04. The number of hydrogen-bond acceptors (Lipinski definition) is 5. The van der Waals surface area contributed by atoms with Crippen molar-refractivity contribution in [3.05, 3.63) is 81.1 Å². The lowest BCUT2D eigenvalue weighted by atomic mass is 10.1. The van der Waals surface area contributed by atoms with Crippen molar-refractivity contribution in [3.8, 4) is 0 Å². The number of nitrogens with zero attached hydrogens (tertiary/aromatic N) is 3. The zero-order valence-corrected chi connectivity index (χ0v) is 16.4. The Kier molecular flexibility index (Phi) is 5.45. The van der Waals surface area contributed by atoms with Crippen LogP contribution in [0.2, 0.25) is 0 Å². The van der Waals surface area contributed by atoms with Gasteiger partial charge in [-0.1, -0.05) is 47.7 Å². The minimum Gasteiger partial charge on any atom is -0.346 e. The predicted octanol–water partition coefficient (Wildman–Crippen LogP) is 3.73. The van der Waals surface area contributed by atoms with Gasteiger partial charge in [0.2, 0.25) is 5.01 Å². The molecule has 1 amide bonds. The number of rotatable bonds is 6. The van der Waals surface area contributed by atoms with Gasteiger partial charge in [0.25, 0.3) is 5.91 Å². The summed E-state index contributed by atoms with van der Waals surface area (Å²) in [5, 5.41) is 12.2. The van der Waals surface area contributed by atoms with E-state index in [1.807, 2.05) is 0 Å². The molecule has 4 rings (SSSR count). The maximum absolute atomic E-state index is 12.9. The maximum Gasteiger partial charge on any atom is 0.282 e. The van der Waals surface area contributed by atoms with Crippen LogP contribution in [0.3, 0.4) is 0 Å². The van der Waals surface area contributed by atoms with Crippen molar-refractivity contribution in [1.82, 2.24) is 20.4 Å². The monoisotopic (exact) mass is 396 g/mol. The molecule has 0 unspecified atom stereocenters. The third kappa shape index (κ3) is 4.10. The van der Waals surface area contributed by atoms with Gasteiger partial charge in [0.1, 0.15) is 10.8 Å². The van der Waals surface area contributed by atoms with Crippen LogP contribution in [0.15, 0.2) is 48.5 Å². The molecule has 2 aromatic carbocycles. The molecule has 1 N–H and O–H groups in total. The van der Waals surface area contributed by atoms with E-state index in [0.29, 0.717) is 24.1 Å². The van der Waals surface area contributed by atoms with Crippen LogP contribution in [0.25, 0.3) is 0 Å². The lowest BCUT2D eigenvalue weighted by Crippen LogP contribution is -2.22. The molecule has 5 nitrogen and oxygen atoms in total. The minimum absolute atomic E-state index is 0.262. The first-order valence-corrected chi connectivity index (χ1v) is 10.0. The normalized spacial score (nSPS) is 15.6. The number of hydrogen-bond donors (Lipinski definition) is 1. The quantitative estimate of drug-likeness (QED) is 0.690. The summed E-state index contributed by atoms with van der Waals surface area (Å²) in [6.45, 7) is 0.981. The Balaban J connectivity index is 1.35. The van der Waals surface area contributed by atoms with Crippen LogP contribution >= 0.6 is 11.3 Å². The Hall–Kier alpha value is -2.64. The molecule has 1 aliphatic carbocycles. The van der Waals surface area contributed by atoms with Gasteiger partial charge in [-0.2, -0.15) is 0 Å².